The third-order valence-corrected chi connectivity index (χ3v) is 4.98. The van der Waals surface area contributed by atoms with Gasteiger partial charge < -0.3 is 14.7 Å². The largest absolute Gasteiger partial charge is 0.454 e. The van der Waals surface area contributed by atoms with Gasteiger partial charge in [0.15, 0.2) is 5.75 Å². The highest BCUT2D eigenvalue weighted by Crippen LogP contribution is 2.40. The van der Waals surface area contributed by atoms with E-state index in [1.54, 1.807) is 37.3 Å². The molecule has 0 aliphatic carbocycles. The van der Waals surface area contributed by atoms with Crippen LogP contribution >= 0.6 is 0 Å². The number of primary sulfonamides is 1. The lowest BCUT2D eigenvalue weighted by Gasteiger charge is -2.25. The molecule has 26 heavy (non-hydrogen) atoms. The molecule has 0 heterocycles. The van der Waals surface area contributed by atoms with Crippen LogP contribution in [0, 0.1) is 0 Å². The number of anilines is 1. The number of nitrogens with zero attached hydrogens (tertiary/aromatic N) is 1. The average Bonchev–Trinajstić information content (AvgIpc) is 2.59. The number of sulfonamides is 1. The van der Waals surface area contributed by atoms with E-state index in [0.29, 0.717) is 17.0 Å². The lowest BCUT2D eigenvalue weighted by molar-refractivity contribution is 0.199. The molecule has 2 aromatic carbocycles. The van der Waals surface area contributed by atoms with E-state index in [4.69, 9.17) is 9.88 Å². The van der Waals surface area contributed by atoms with Crippen molar-refractivity contribution in [3.63, 3.8) is 0 Å². The summed E-state index contributed by atoms with van der Waals surface area (Å²) in [6.45, 7) is 4.38. The fraction of sp³-hybridized carbons (Fsp3) is 0.368. The minimum Gasteiger partial charge on any atom is -0.454 e. The molecule has 0 amide bonds. The molecule has 0 aliphatic rings. The van der Waals surface area contributed by atoms with Crippen molar-refractivity contribution in [1.82, 2.24) is 0 Å². The summed E-state index contributed by atoms with van der Waals surface area (Å²) in [5.41, 5.74) is 1.04. The third-order valence-electron chi connectivity index (χ3n) is 4.07. The van der Waals surface area contributed by atoms with Crippen molar-refractivity contribution >= 4 is 15.7 Å². The number of nitrogens with two attached hydrogens (primary N) is 1. The van der Waals surface area contributed by atoms with Gasteiger partial charge in [-0.1, -0.05) is 31.5 Å². The molecular weight excluding hydrogens is 352 g/mol. The summed E-state index contributed by atoms with van der Waals surface area (Å²) < 4.78 is 30.3. The van der Waals surface area contributed by atoms with Gasteiger partial charge in [0.1, 0.15) is 10.6 Å². The number of aliphatic hydroxyl groups is 1. The molecule has 3 N–H and O–H groups in total. The highest BCUT2D eigenvalue weighted by molar-refractivity contribution is 7.89. The number of rotatable bonds is 8. The molecule has 0 fully saturated rings. The minimum absolute atomic E-state index is 0.141. The third kappa shape index (κ3) is 4.97. The van der Waals surface area contributed by atoms with Crippen LogP contribution in [0.4, 0.5) is 5.69 Å². The minimum atomic E-state index is -4.05. The Bertz CT molecular complexity index is 836. The van der Waals surface area contributed by atoms with Crippen molar-refractivity contribution in [3.05, 3.63) is 48.0 Å². The van der Waals surface area contributed by atoms with Gasteiger partial charge in [-0.25, -0.2) is 13.6 Å². The molecule has 0 aliphatic heterocycles. The van der Waals surface area contributed by atoms with E-state index in [2.05, 4.69) is 6.92 Å². The van der Waals surface area contributed by atoms with Gasteiger partial charge in [0.05, 0.1) is 11.8 Å². The summed E-state index contributed by atoms with van der Waals surface area (Å²) in [5, 5.41) is 15.4. The van der Waals surface area contributed by atoms with E-state index in [1.165, 1.54) is 6.07 Å². The number of aliphatic hydroxyl groups excluding tert-OH is 1. The zero-order valence-electron chi connectivity index (χ0n) is 15.3. The van der Waals surface area contributed by atoms with E-state index in [0.717, 1.165) is 19.4 Å². The zero-order valence-corrected chi connectivity index (χ0v) is 16.2. The lowest BCUT2D eigenvalue weighted by atomic mass is 10.1. The molecule has 1 atom stereocenters. The van der Waals surface area contributed by atoms with Crippen molar-refractivity contribution in [3.8, 4) is 11.5 Å². The summed E-state index contributed by atoms with van der Waals surface area (Å²) in [6, 6.07) is 12.0. The van der Waals surface area contributed by atoms with Crippen LogP contribution in [0.25, 0.3) is 0 Å². The zero-order chi connectivity index (χ0) is 19.3. The fourth-order valence-corrected chi connectivity index (χ4v) is 3.27. The second kappa shape index (κ2) is 8.53. The van der Waals surface area contributed by atoms with Gasteiger partial charge in [0.25, 0.3) is 0 Å². The highest BCUT2D eigenvalue weighted by atomic mass is 32.2. The molecular formula is C19H26N2O4S. The Kier molecular flexibility index (Phi) is 6.63. The summed E-state index contributed by atoms with van der Waals surface area (Å²) in [7, 11) is -2.19. The van der Waals surface area contributed by atoms with E-state index in [9.17, 15) is 13.5 Å². The van der Waals surface area contributed by atoms with Crippen LogP contribution in [-0.4, -0.2) is 27.1 Å². The van der Waals surface area contributed by atoms with Gasteiger partial charge >= 0.3 is 0 Å². The summed E-state index contributed by atoms with van der Waals surface area (Å²) in [4.78, 5) is 1.78. The predicted molar refractivity (Wildman–Crippen MR) is 103 cm³/mol. The summed E-state index contributed by atoms with van der Waals surface area (Å²) >= 11 is 0. The van der Waals surface area contributed by atoms with Crippen LogP contribution in [0.1, 0.15) is 38.4 Å². The van der Waals surface area contributed by atoms with Gasteiger partial charge in [-0.2, -0.15) is 0 Å². The molecule has 6 nitrogen and oxygen atoms in total. The normalized spacial score (nSPS) is 12.7. The Morgan fingerprint density at radius 3 is 2.42 bits per heavy atom. The summed E-state index contributed by atoms with van der Waals surface area (Å²) in [6.07, 6.45) is 1.10. The van der Waals surface area contributed by atoms with Crippen LogP contribution < -0.4 is 14.8 Å². The van der Waals surface area contributed by atoms with E-state index < -0.39 is 16.1 Å². The molecule has 0 spiro atoms. The van der Waals surface area contributed by atoms with Gasteiger partial charge in [-0.15, -0.1) is 0 Å². The topological polar surface area (TPSA) is 92.9 Å². The molecule has 7 heteroatoms. The van der Waals surface area contributed by atoms with Crippen LogP contribution in [-0.2, 0) is 10.0 Å². The molecule has 0 aromatic heterocycles. The van der Waals surface area contributed by atoms with Gasteiger partial charge in [0, 0.05) is 13.6 Å². The van der Waals surface area contributed by atoms with Crippen LogP contribution in [0.5, 0.6) is 11.5 Å². The van der Waals surface area contributed by atoms with Crippen molar-refractivity contribution in [2.24, 2.45) is 5.14 Å². The van der Waals surface area contributed by atoms with Crippen molar-refractivity contribution in [1.29, 1.82) is 0 Å². The quantitative estimate of drug-likeness (QED) is 0.734. The smallest absolute Gasteiger partial charge is 0.241 e. The molecule has 1 unspecified atom stereocenters. The van der Waals surface area contributed by atoms with Crippen LogP contribution in [0.15, 0.2) is 47.4 Å². The number of hydrogen-bond donors (Lipinski definition) is 2. The number of benzene rings is 2. The Balaban J connectivity index is 2.66. The first-order chi connectivity index (χ1) is 12.2. The maximum Gasteiger partial charge on any atom is 0.241 e. The van der Waals surface area contributed by atoms with Gasteiger partial charge in [-0.05, 0) is 43.2 Å². The van der Waals surface area contributed by atoms with Crippen LogP contribution in [0.3, 0.4) is 0 Å². The fourth-order valence-electron chi connectivity index (χ4n) is 2.57. The second-order valence-electron chi connectivity index (χ2n) is 6.28. The van der Waals surface area contributed by atoms with Crippen molar-refractivity contribution in [2.45, 2.75) is 37.7 Å². The first kappa shape index (κ1) is 20.2. The maximum atomic E-state index is 12.2. The van der Waals surface area contributed by atoms with Crippen molar-refractivity contribution < 1.29 is 18.3 Å². The summed E-state index contributed by atoms with van der Waals surface area (Å²) in [5.74, 6) is 0.675. The average molecular weight is 378 g/mol. The molecule has 0 saturated heterocycles. The molecule has 2 rings (SSSR count). The maximum absolute atomic E-state index is 12.2. The molecule has 0 saturated carbocycles. The van der Waals surface area contributed by atoms with Crippen LogP contribution in [0.2, 0.25) is 0 Å². The lowest BCUT2D eigenvalue weighted by Crippen LogP contribution is -2.21. The van der Waals surface area contributed by atoms with Crippen molar-refractivity contribution in [2.75, 3.05) is 18.5 Å². The Hall–Kier alpha value is -2.09. The predicted octanol–water partition coefficient (Wildman–Crippen LogP) is 3.42. The molecule has 2 aromatic rings. The van der Waals surface area contributed by atoms with E-state index in [-0.39, 0.29) is 10.6 Å². The first-order valence-electron chi connectivity index (χ1n) is 8.57. The second-order valence-corrected chi connectivity index (χ2v) is 7.81. The van der Waals surface area contributed by atoms with E-state index >= 15 is 0 Å². The number of ether oxygens (including phenoxy) is 1. The number of hydrogen-bond acceptors (Lipinski definition) is 5. The van der Waals surface area contributed by atoms with Gasteiger partial charge in [-0.3, -0.25) is 0 Å². The molecule has 0 bridgehead atoms. The Labute approximate surface area is 155 Å². The number of unbranched alkanes of at least 4 members (excludes halogenated alkanes) is 1. The Morgan fingerprint density at radius 2 is 1.88 bits per heavy atom. The standard InChI is InChI=1S/C19H26N2O4S/c1-4-5-11-21(3)17-12-15(14(2)22)13-18(26(20,23)24)19(17)25-16-9-7-6-8-10-16/h6-10,12-14,22H,4-5,11H2,1-3H3,(H2,20,23,24). The Morgan fingerprint density at radius 1 is 1.23 bits per heavy atom. The SMILES string of the molecule is CCCCN(C)c1cc(C(C)O)cc(S(N)(=O)=O)c1Oc1ccccc1. The highest BCUT2D eigenvalue weighted by Gasteiger charge is 2.24. The van der Waals surface area contributed by atoms with Gasteiger partial charge in [0.2, 0.25) is 10.0 Å². The monoisotopic (exact) mass is 378 g/mol. The molecule has 0 radical (unpaired) electrons. The molecule has 142 valence electrons. The first-order valence-corrected chi connectivity index (χ1v) is 10.1. The number of para-hydroxylation sites is 1. The van der Waals surface area contributed by atoms with E-state index in [1.807, 2.05) is 18.0 Å².